The van der Waals surface area contributed by atoms with E-state index >= 15 is 0 Å². The molecule has 0 saturated carbocycles. The molecule has 1 rings (SSSR count). The van der Waals surface area contributed by atoms with Crippen LogP contribution in [0.2, 0.25) is 0 Å². The number of hydrogen-bond acceptors (Lipinski definition) is 3. The number of hydrogen-bond donors (Lipinski definition) is 2. The van der Waals surface area contributed by atoms with E-state index in [1.54, 1.807) is 6.92 Å². The summed E-state index contributed by atoms with van der Waals surface area (Å²) in [6.45, 7) is 3.04. The summed E-state index contributed by atoms with van der Waals surface area (Å²) in [5, 5.41) is 11.1. The Morgan fingerprint density at radius 1 is 1.50 bits per heavy atom. The predicted octanol–water partition coefficient (Wildman–Crippen LogP) is 0.572. The van der Waals surface area contributed by atoms with Crippen LogP contribution in [0.1, 0.15) is 33.1 Å². The third-order valence-corrected chi connectivity index (χ3v) is 2.67. The molecule has 1 saturated heterocycles. The first-order valence-electron chi connectivity index (χ1n) is 5.26. The van der Waals surface area contributed by atoms with Gasteiger partial charge in [0, 0.05) is 0 Å². The molecule has 0 radical (unpaired) electrons. The van der Waals surface area contributed by atoms with Gasteiger partial charge in [0.15, 0.2) is 0 Å². The average Bonchev–Trinajstić information content (AvgIpc) is 2.39. The second-order valence-electron chi connectivity index (χ2n) is 4.15. The van der Waals surface area contributed by atoms with Crippen molar-refractivity contribution in [3.05, 3.63) is 0 Å². The maximum Gasteiger partial charge on any atom is 0.325 e. The smallest absolute Gasteiger partial charge is 0.325 e. The molecule has 0 unspecified atom stereocenters. The van der Waals surface area contributed by atoms with Crippen LogP contribution in [0.5, 0.6) is 0 Å². The highest BCUT2D eigenvalue weighted by Crippen LogP contribution is 2.23. The van der Waals surface area contributed by atoms with Gasteiger partial charge in [-0.2, -0.15) is 0 Å². The first kappa shape index (κ1) is 12.5. The number of nitrogens with zero attached hydrogens (tertiary/aromatic N) is 1. The molecule has 0 spiro atoms. The average molecular weight is 228 g/mol. The van der Waals surface area contributed by atoms with Crippen LogP contribution in [-0.2, 0) is 9.59 Å². The predicted molar refractivity (Wildman–Crippen MR) is 55.8 cm³/mol. The van der Waals surface area contributed by atoms with Gasteiger partial charge in [0.25, 0.3) is 5.91 Å². The summed E-state index contributed by atoms with van der Waals surface area (Å²) in [7, 11) is 0. The number of amides is 3. The van der Waals surface area contributed by atoms with Crippen molar-refractivity contribution in [2.75, 3.05) is 6.54 Å². The van der Waals surface area contributed by atoms with Gasteiger partial charge >= 0.3 is 12.0 Å². The molecule has 1 heterocycles. The van der Waals surface area contributed by atoms with E-state index in [1.807, 2.05) is 6.92 Å². The zero-order valence-electron chi connectivity index (χ0n) is 9.45. The van der Waals surface area contributed by atoms with Crippen molar-refractivity contribution >= 4 is 17.9 Å². The number of carbonyl (C=O) groups is 3. The summed E-state index contributed by atoms with van der Waals surface area (Å²) >= 11 is 0. The van der Waals surface area contributed by atoms with Crippen LogP contribution in [0.25, 0.3) is 0 Å². The van der Waals surface area contributed by atoms with Gasteiger partial charge in [-0.25, -0.2) is 4.79 Å². The molecule has 3 amide bonds. The zero-order valence-corrected chi connectivity index (χ0v) is 9.45. The molecular formula is C10H16N2O4. The Morgan fingerprint density at radius 3 is 2.62 bits per heavy atom. The van der Waals surface area contributed by atoms with E-state index in [0.29, 0.717) is 6.42 Å². The fourth-order valence-corrected chi connectivity index (χ4v) is 1.73. The fourth-order valence-electron chi connectivity index (χ4n) is 1.73. The summed E-state index contributed by atoms with van der Waals surface area (Å²) in [5.74, 6) is -1.64. The highest BCUT2D eigenvalue weighted by molar-refractivity contribution is 6.08. The molecule has 1 aliphatic rings. The van der Waals surface area contributed by atoms with Crippen LogP contribution < -0.4 is 5.32 Å². The van der Waals surface area contributed by atoms with Crippen LogP contribution in [0.3, 0.4) is 0 Å². The lowest BCUT2D eigenvalue weighted by atomic mass is 9.95. The topological polar surface area (TPSA) is 86.7 Å². The SMILES string of the molecule is CCCC[C@]1(C)NC(=O)N(CC(=O)O)C1=O. The van der Waals surface area contributed by atoms with Gasteiger partial charge in [0.1, 0.15) is 12.1 Å². The molecule has 6 nitrogen and oxygen atoms in total. The number of imide groups is 1. The first-order chi connectivity index (χ1) is 7.40. The van der Waals surface area contributed by atoms with E-state index in [4.69, 9.17) is 5.11 Å². The molecule has 0 aromatic heterocycles. The van der Waals surface area contributed by atoms with E-state index in [0.717, 1.165) is 17.7 Å². The minimum Gasteiger partial charge on any atom is -0.480 e. The van der Waals surface area contributed by atoms with Crippen LogP contribution in [0.4, 0.5) is 4.79 Å². The largest absolute Gasteiger partial charge is 0.480 e. The molecule has 2 N–H and O–H groups in total. The lowest BCUT2D eigenvalue weighted by molar-refractivity contribution is -0.142. The molecule has 0 aromatic rings. The number of carboxylic acids is 1. The van der Waals surface area contributed by atoms with E-state index in [1.165, 1.54) is 0 Å². The zero-order chi connectivity index (χ0) is 12.3. The molecular weight excluding hydrogens is 212 g/mol. The van der Waals surface area contributed by atoms with Crippen molar-refractivity contribution in [3.63, 3.8) is 0 Å². The normalized spacial score (nSPS) is 24.8. The first-order valence-corrected chi connectivity index (χ1v) is 5.26. The van der Waals surface area contributed by atoms with Gasteiger partial charge < -0.3 is 10.4 Å². The number of unbranched alkanes of at least 4 members (excludes halogenated alkanes) is 1. The van der Waals surface area contributed by atoms with Gasteiger partial charge in [0.05, 0.1) is 0 Å². The maximum atomic E-state index is 11.9. The van der Waals surface area contributed by atoms with E-state index in [-0.39, 0.29) is 0 Å². The van der Waals surface area contributed by atoms with Crippen LogP contribution >= 0.6 is 0 Å². The summed E-state index contributed by atoms with van der Waals surface area (Å²) in [5.41, 5.74) is -0.942. The summed E-state index contributed by atoms with van der Waals surface area (Å²) in [6.07, 6.45) is 2.26. The number of rotatable bonds is 5. The minimum absolute atomic E-state index is 0.451. The Morgan fingerprint density at radius 2 is 2.12 bits per heavy atom. The number of carbonyl (C=O) groups excluding carboxylic acids is 2. The Kier molecular flexibility index (Phi) is 3.51. The van der Waals surface area contributed by atoms with Gasteiger partial charge in [-0.05, 0) is 13.3 Å². The van der Waals surface area contributed by atoms with Crippen molar-refractivity contribution in [1.29, 1.82) is 0 Å². The summed E-state index contributed by atoms with van der Waals surface area (Å²) in [6, 6.07) is -0.619. The minimum atomic E-state index is -1.19. The highest BCUT2D eigenvalue weighted by atomic mass is 16.4. The Labute approximate surface area is 93.6 Å². The molecule has 1 fully saturated rings. The lowest BCUT2D eigenvalue weighted by Gasteiger charge is -2.20. The monoisotopic (exact) mass is 228 g/mol. The lowest BCUT2D eigenvalue weighted by Crippen LogP contribution is -2.44. The van der Waals surface area contributed by atoms with E-state index in [9.17, 15) is 14.4 Å². The van der Waals surface area contributed by atoms with Crippen LogP contribution in [-0.4, -0.2) is 40.0 Å². The summed E-state index contributed by atoms with van der Waals surface area (Å²) < 4.78 is 0. The summed E-state index contributed by atoms with van der Waals surface area (Å²) in [4.78, 5) is 34.5. The molecule has 16 heavy (non-hydrogen) atoms. The van der Waals surface area contributed by atoms with Gasteiger partial charge in [-0.3, -0.25) is 14.5 Å². The molecule has 6 heteroatoms. The van der Waals surface area contributed by atoms with E-state index in [2.05, 4.69) is 5.32 Å². The third kappa shape index (κ3) is 2.32. The Bertz CT molecular complexity index is 329. The van der Waals surface area contributed by atoms with E-state index < -0.39 is 30.0 Å². The maximum absolute atomic E-state index is 11.9. The molecule has 1 aliphatic heterocycles. The Balaban J connectivity index is 2.76. The van der Waals surface area contributed by atoms with Crippen molar-refractivity contribution < 1.29 is 19.5 Å². The van der Waals surface area contributed by atoms with Crippen LogP contribution in [0, 0.1) is 0 Å². The van der Waals surface area contributed by atoms with Crippen LogP contribution in [0.15, 0.2) is 0 Å². The van der Waals surface area contributed by atoms with Gasteiger partial charge in [-0.15, -0.1) is 0 Å². The molecule has 1 atom stereocenters. The second kappa shape index (κ2) is 4.51. The van der Waals surface area contributed by atoms with Gasteiger partial charge in [-0.1, -0.05) is 19.8 Å². The second-order valence-corrected chi connectivity index (χ2v) is 4.15. The quantitative estimate of drug-likeness (QED) is 0.673. The number of urea groups is 1. The fraction of sp³-hybridized carbons (Fsp3) is 0.700. The molecule has 0 aromatic carbocycles. The van der Waals surface area contributed by atoms with Crippen molar-refractivity contribution in [2.24, 2.45) is 0 Å². The number of nitrogens with one attached hydrogen (secondary N) is 1. The van der Waals surface area contributed by atoms with Crippen molar-refractivity contribution in [3.8, 4) is 0 Å². The highest BCUT2D eigenvalue weighted by Gasteiger charge is 2.47. The number of aliphatic carboxylic acids is 1. The Hall–Kier alpha value is -1.59. The number of carboxylic acid groups (broad SMARTS) is 1. The standard InChI is InChI=1S/C10H16N2O4/c1-3-4-5-10(2)8(15)12(6-7(13)14)9(16)11-10/h3-6H2,1-2H3,(H,11,16)(H,13,14)/t10-/m0/s1. The molecule has 0 bridgehead atoms. The molecule has 90 valence electrons. The van der Waals surface area contributed by atoms with Gasteiger partial charge in [0.2, 0.25) is 0 Å². The van der Waals surface area contributed by atoms with Crippen molar-refractivity contribution in [1.82, 2.24) is 10.2 Å². The third-order valence-electron chi connectivity index (χ3n) is 2.67. The van der Waals surface area contributed by atoms with Crippen molar-refractivity contribution in [2.45, 2.75) is 38.6 Å². The molecule has 0 aliphatic carbocycles.